The fraction of sp³-hybridized carbons (Fsp3) is 0.269. The van der Waals surface area contributed by atoms with Gasteiger partial charge in [0, 0.05) is 25.6 Å². The van der Waals surface area contributed by atoms with Crippen LogP contribution in [0.3, 0.4) is 0 Å². The van der Waals surface area contributed by atoms with Crippen molar-refractivity contribution in [2.75, 3.05) is 33.9 Å². The molecule has 1 aromatic heterocycles. The number of methoxy groups -OCH3 is 2. The third kappa shape index (κ3) is 5.41. The van der Waals surface area contributed by atoms with Crippen molar-refractivity contribution < 1.29 is 27.9 Å². The highest BCUT2D eigenvalue weighted by Crippen LogP contribution is 2.34. The maximum Gasteiger partial charge on any atom is 0.290 e. The summed E-state index contributed by atoms with van der Waals surface area (Å²) in [5.74, 6) is -0.456. The third-order valence-corrected chi connectivity index (χ3v) is 5.76. The van der Waals surface area contributed by atoms with Gasteiger partial charge in [0.1, 0.15) is 18.1 Å². The van der Waals surface area contributed by atoms with E-state index >= 15 is 0 Å². The first-order valence-corrected chi connectivity index (χ1v) is 11.1. The molecule has 2 amide bonds. The van der Waals surface area contributed by atoms with Gasteiger partial charge in [0.25, 0.3) is 11.8 Å². The highest BCUT2D eigenvalue weighted by Gasteiger charge is 2.35. The van der Waals surface area contributed by atoms with E-state index in [1.807, 2.05) is 12.1 Å². The number of furan rings is 1. The third-order valence-electron chi connectivity index (χ3n) is 5.76. The first kappa shape index (κ1) is 24.2. The van der Waals surface area contributed by atoms with Crippen LogP contribution in [0.1, 0.15) is 34.1 Å². The molecule has 9 heteroatoms. The smallest absolute Gasteiger partial charge is 0.290 e. The van der Waals surface area contributed by atoms with E-state index in [9.17, 15) is 14.0 Å². The highest BCUT2D eigenvalue weighted by atomic mass is 19.1. The molecule has 8 nitrogen and oxygen atoms in total. The number of benzene rings is 2. The van der Waals surface area contributed by atoms with Gasteiger partial charge in [0.15, 0.2) is 5.76 Å². The molecule has 1 aliphatic heterocycles. The van der Waals surface area contributed by atoms with Gasteiger partial charge in [-0.2, -0.15) is 5.10 Å². The average molecular weight is 480 g/mol. The van der Waals surface area contributed by atoms with Crippen molar-refractivity contribution in [3.63, 3.8) is 0 Å². The van der Waals surface area contributed by atoms with Crippen LogP contribution in [0.5, 0.6) is 5.75 Å². The van der Waals surface area contributed by atoms with Crippen molar-refractivity contribution in [3.05, 3.63) is 89.6 Å². The summed E-state index contributed by atoms with van der Waals surface area (Å²) >= 11 is 0. The lowest BCUT2D eigenvalue weighted by Crippen LogP contribution is -2.42. The van der Waals surface area contributed by atoms with Crippen molar-refractivity contribution in [2.24, 2.45) is 5.10 Å². The molecule has 1 atom stereocenters. The molecule has 0 saturated carbocycles. The summed E-state index contributed by atoms with van der Waals surface area (Å²) in [7, 11) is 3.09. The van der Waals surface area contributed by atoms with Crippen LogP contribution < -0.4 is 4.74 Å². The second kappa shape index (κ2) is 11.0. The van der Waals surface area contributed by atoms with Crippen LogP contribution in [0.15, 0.2) is 76.4 Å². The van der Waals surface area contributed by atoms with E-state index in [-0.39, 0.29) is 25.5 Å². The lowest BCUT2D eigenvalue weighted by molar-refractivity contribution is -0.133. The van der Waals surface area contributed by atoms with E-state index < -0.39 is 23.7 Å². The summed E-state index contributed by atoms with van der Waals surface area (Å²) in [4.78, 5) is 27.8. The molecule has 0 bridgehead atoms. The molecule has 35 heavy (non-hydrogen) atoms. The Kier molecular flexibility index (Phi) is 7.57. The Morgan fingerprint density at radius 3 is 2.54 bits per heavy atom. The molecule has 0 N–H and O–H groups in total. The van der Waals surface area contributed by atoms with Gasteiger partial charge >= 0.3 is 0 Å². The van der Waals surface area contributed by atoms with Crippen molar-refractivity contribution in [1.29, 1.82) is 0 Å². The van der Waals surface area contributed by atoms with Gasteiger partial charge in [-0.1, -0.05) is 30.3 Å². The minimum atomic E-state index is -0.467. The largest absolute Gasteiger partial charge is 0.497 e. The monoisotopic (exact) mass is 479 g/mol. The zero-order valence-electron chi connectivity index (χ0n) is 19.5. The topological polar surface area (TPSA) is 84.6 Å². The van der Waals surface area contributed by atoms with Crippen LogP contribution in [0.4, 0.5) is 4.39 Å². The normalized spacial score (nSPS) is 15.1. The van der Waals surface area contributed by atoms with Crippen LogP contribution in [0, 0.1) is 5.82 Å². The molecule has 4 rings (SSSR count). The van der Waals surface area contributed by atoms with Gasteiger partial charge in [-0.05, 0) is 35.9 Å². The fourth-order valence-corrected chi connectivity index (χ4v) is 3.93. The molecule has 2 aromatic carbocycles. The quantitative estimate of drug-likeness (QED) is 0.465. The van der Waals surface area contributed by atoms with Crippen LogP contribution in [0.2, 0.25) is 0 Å². The van der Waals surface area contributed by atoms with Crippen molar-refractivity contribution in [3.8, 4) is 5.75 Å². The Bertz CT molecular complexity index is 1190. The summed E-state index contributed by atoms with van der Waals surface area (Å²) < 4.78 is 30.1. The number of halogens is 1. The SMILES string of the molecule is COCCN(CC(=O)N1N=C(c2ccccc2F)CC1c1ccc(OC)cc1)C(=O)c1ccco1. The van der Waals surface area contributed by atoms with Gasteiger partial charge in [-0.3, -0.25) is 9.59 Å². The Hall–Kier alpha value is -3.98. The molecule has 0 fully saturated rings. The number of hydrogen-bond donors (Lipinski definition) is 0. The minimum absolute atomic E-state index is 0.123. The summed E-state index contributed by atoms with van der Waals surface area (Å²) in [5.41, 5.74) is 1.61. The van der Waals surface area contributed by atoms with Crippen LogP contribution in [-0.2, 0) is 9.53 Å². The molecule has 0 aliphatic carbocycles. The van der Waals surface area contributed by atoms with Gasteiger partial charge in [0.2, 0.25) is 0 Å². The van der Waals surface area contributed by atoms with Crippen LogP contribution >= 0.6 is 0 Å². The van der Waals surface area contributed by atoms with Gasteiger partial charge in [0.05, 0.1) is 31.7 Å². The number of carbonyl (C=O) groups excluding carboxylic acids is 2. The van der Waals surface area contributed by atoms with E-state index in [0.29, 0.717) is 23.4 Å². The van der Waals surface area contributed by atoms with E-state index in [1.54, 1.807) is 43.5 Å². The summed E-state index contributed by atoms with van der Waals surface area (Å²) in [6.45, 7) is 0.182. The molecular formula is C26H26FN3O5. The van der Waals surface area contributed by atoms with Crippen LogP contribution in [-0.4, -0.2) is 61.4 Å². The van der Waals surface area contributed by atoms with Crippen molar-refractivity contribution in [1.82, 2.24) is 9.91 Å². The standard InChI is InChI=1S/C26H26FN3O5/c1-33-15-13-29(26(32)24-8-5-14-35-24)17-25(31)30-23(18-9-11-19(34-2)12-10-18)16-22(28-30)20-6-3-4-7-21(20)27/h3-12,14,23H,13,15-17H2,1-2H3. The summed E-state index contributed by atoms with van der Waals surface area (Å²) in [6, 6.07) is 16.3. The van der Waals surface area contributed by atoms with E-state index in [0.717, 1.165) is 5.56 Å². The summed E-state index contributed by atoms with van der Waals surface area (Å²) in [5, 5.41) is 5.84. The molecule has 182 valence electrons. The number of nitrogens with zero attached hydrogens (tertiary/aromatic N) is 3. The van der Waals surface area contributed by atoms with Gasteiger partial charge < -0.3 is 18.8 Å². The summed E-state index contributed by atoms with van der Waals surface area (Å²) in [6.07, 6.45) is 1.72. The maximum atomic E-state index is 14.5. The first-order valence-electron chi connectivity index (χ1n) is 11.1. The predicted octanol–water partition coefficient (Wildman–Crippen LogP) is 3.89. The minimum Gasteiger partial charge on any atom is -0.497 e. The molecule has 3 aromatic rings. The fourth-order valence-electron chi connectivity index (χ4n) is 3.93. The number of amides is 2. The number of rotatable bonds is 9. The van der Waals surface area contributed by atoms with E-state index in [1.165, 1.54) is 35.4 Å². The van der Waals surface area contributed by atoms with E-state index in [2.05, 4.69) is 5.10 Å². The molecule has 0 radical (unpaired) electrons. The Labute approximate surface area is 202 Å². The average Bonchev–Trinajstić information content (AvgIpc) is 3.57. The van der Waals surface area contributed by atoms with Gasteiger partial charge in [-0.25, -0.2) is 9.40 Å². The zero-order chi connectivity index (χ0) is 24.8. The Morgan fingerprint density at radius 1 is 1.11 bits per heavy atom. The molecule has 1 aliphatic rings. The number of carbonyl (C=O) groups is 2. The van der Waals surface area contributed by atoms with Crippen LogP contribution in [0.25, 0.3) is 0 Å². The Balaban J connectivity index is 1.63. The van der Waals surface area contributed by atoms with E-state index in [4.69, 9.17) is 13.9 Å². The number of hydrogen-bond acceptors (Lipinski definition) is 6. The highest BCUT2D eigenvalue weighted by molar-refractivity contribution is 6.03. The lowest BCUT2D eigenvalue weighted by Gasteiger charge is -2.26. The Morgan fingerprint density at radius 2 is 1.89 bits per heavy atom. The second-order valence-electron chi connectivity index (χ2n) is 7.95. The van der Waals surface area contributed by atoms with Crippen molar-refractivity contribution >= 4 is 17.5 Å². The molecule has 0 spiro atoms. The molecule has 2 heterocycles. The molecule has 1 unspecified atom stereocenters. The lowest BCUT2D eigenvalue weighted by atomic mass is 9.98. The zero-order valence-corrected chi connectivity index (χ0v) is 19.5. The molecular weight excluding hydrogens is 453 g/mol. The maximum absolute atomic E-state index is 14.5. The first-order chi connectivity index (χ1) is 17.0. The van der Waals surface area contributed by atoms with Gasteiger partial charge in [-0.15, -0.1) is 0 Å². The molecule has 0 saturated heterocycles. The predicted molar refractivity (Wildman–Crippen MR) is 127 cm³/mol. The van der Waals surface area contributed by atoms with Crippen molar-refractivity contribution in [2.45, 2.75) is 12.5 Å². The second-order valence-corrected chi connectivity index (χ2v) is 7.95. The number of hydrazone groups is 1. The number of ether oxygens (including phenoxy) is 2.